The fraction of sp³-hybridized carbons (Fsp3) is 0.375. The van der Waals surface area contributed by atoms with Crippen LogP contribution in [0.15, 0.2) is 15.3 Å². The van der Waals surface area contributed by atoms with Gasteiger partial charge in [-0.3, -0.25) is 9.59 Å². The summed E-state index contributed by atoms with van der Waals surface area (Å²) < 4.78 is 1.66. The van der Waals surface area contributed by atoms with Crippen molar-refractivity contribution >= 4 is 21.9 Å². The van der Waals surface area contributed by atoms with Gasteiger partial charge in [0.1, 0.15) is 0 Å². The van der Waals surface area contributed by atoms with Crippen molar-refractivity contribution in [3.63, 3.8) is 0 Å². The molecule has 1 rings (SSSR count). The number of aryl methyl sites for hydroxylation is 1. The Labute approximate surface area is 88.5 Å². The van der Waals surface area contributed by atoms with Crippen LogP contribution in [0.25, 0.3) is 0 Å². The van der Waals surface area contributed by atoms with Crippen LogP contribution in [0.2, 0.25) is 0 Å². The van der Waals surface area contributed by atoms with E-state index in [2.05, 4.69) is 21.0 Å². The first-order valence-electron chi connectivity index (χ1n) is 4.03. The highest BCUT2D eigenvalue weighted by molar-refractivity contribution is 9.10. The number of carbonyl (C=O) groups is 1. The molecular weight excluding hydrogens is 252 g/mol. The molecule has 0 saturated carbocycles. The van der Waals surface area contributed by atoms with Crippen molar-refractivity contribution in [3.8, 4) is 0 Å². The Kier molecular flexibility index (Phi) is 3.40. The molecule has 0 amide bonds. The highest BCUT2D eigenvalue weighted by Gasteiger charge is 2.09. The molecule has 0 radical (unpaired) electrons. The molecule has 0 fully saturated rings. The molecule has 1 aromatic rings. The number of hydrogen-bond donors (Lipinski definition) is 1. The summed E-state index contributed by atoms with van der Waals surface area (Å²) in [6.07, 6.45) is -0.194. The van der Waals surface area contributed by atoms with Gasteiger partial charge in [-0.05, 0) is 22.9 Å². The zero-order chi connectivity index (χ0) is 10.7. The number of rotatable bonds is 3. The largest absolute Gasteiger partial charge is 0.481 e. The Hall–Kier alpha value is -1.17. The van der Waals surface area contributed by atoms with Gasteiger partial charge in [-0.25, -0.2) is 4.68 Å². The number of halogens is 1. The third-order valence-corrected chi connectivity index (χ3v) is 2.33. The standard InChI is InChI=1S/C8H9BrN2O3/c1-2-11-7(12)3-5(9)6(10-11)4-8(13)14/h3H,2,4H2,1H3,(H,13,14). The molecule has 0 aliphatic heterocycles. The quantitative estimate of drug-likeness (QED) is 0.867. The lowest BCUT2D eigenvalue weighted by Crippen LogP contribution is -2.23. The van der Waals surface area contributed by atoms with Gasteiger partial charge in [0.15, 0.2) is 0 Å². The van der Waals surface area contributed by atoms with Crippen LogP contribution in [0, 0.1) is 0 Å². The summed E-state index contributed by atoms with van der Waals surface area (Å²) in [5.41, 5.74) is 0.118. The molecule has 0 aromatic carbocycles. The molecule has 0 bridgehead atoms. The van der Waals surface area contributed by atoms with Gasteiger partial charge in [-0.15, -0.1) is 0 Å². The molecule has 0 aliphatic rings. The molecule has 1 heterocycles. The van der Waals surface area contributed by atoms with Gasteiger partial charge < -0.3 is 5.11 Å². The summed E-state index contributed by atoms with van der Waals surface area (Å²) in [5.74, 6) is -0.973. The summed E-state index contributed by atoms with van der Waals surface area (Å²) >= 11 is 3.10. The summed E-state index contributed by atoms with van der Waals surface area (Å²) in [6.45, 7) is 2.20. The maximum absolute atomic E-state index is 11.2. The predicted octanol–water partition coefficient (Wildman–Crippen LogP) is 0.653. The first-order valence-corrected chi connectivity index (χ1v) is 4.82. The number of aliphatic carboxylic acids is 1. The zero-order valence-corrected chi connectivity index (χ0v) is 9.11. The number of hydrogen-bond acceptors (Lipinski definition) is 3. The first-order chi connectivity index (χ1) is 6.54. The molecule has 0 atom stereocenters. The second-order valence-corrected chi connectivity index (χ2v) is 3.52. The fourth-order valence-electron chi connectivity index (χ4n) is 0.999. The minimum absolute atomic E-state index is 0.194. The van der Waals surface area contributed by atoms with E-state index in [9.17, 15) is 9.59 Å². The van der Waals surface area contributed by atoms with Crippen LogP contribution in [0.5, 0.6) is 0 Å². The van der Waals surface area contributed by atoms with E-state index in [4.69, 9.17) is 5.11 Å². The van der Waals surface area contributed by atoms with Gasteiger partial charge in [0.2, 0.25) is 0 Å². The lowest BCUT2D eigenvalue weighted by molar-refractivity contribution is -0.136. The summed E-state index contributed by atoms with van der Waals surface area (Å²) in [7, 11) is 0. The highest BCUT2D eigenvalue weighted by Crippen LogP contribution is 2.11. The van der Waals surface area contributed by atoms with Crippen LogP contribution >= 0.6 is 15.9 Å². The van der Waals surface area contributed by atoms with Crippen LogP contribution in [-0.2, 0) is 17.8 Å². The second-order valence-electron chi connectivity index (χ2n) is 2.66. The summed E-state index contributed by atoms with van der Waals surface area (Å²) in [4.78, 5) is 21.7. The van der Waals surface area contributed by atoms with Gasteiger partial charge in [-0.2, -0.15) is 5.10 Å². The van der Waals surface area contributed by atoms with Crippen molar-refractivity contribution in [1.82, 2.24) is 9.78 Å². The second kappa shape index (κ2) is 4.36. The van der Waals surface area contributed by atoms with Gasteiger partial charge in [0.25, 0.3) is 5.56 Å². The molecule has 76 valence electrons. The molecule has 0 aliphatic carbocycles. The monoisotopic (exact) mass is 260 g/mol. The van der Waals surface area contributed by atoms with Crippen LogP contribution in [0.3, 0.4) is 0 Å². The molecule has 0 unspecified atom stereocenters. The molecular formula is C8H9BrN2O3. The average Bonchev–Trinajstić information content (AvgIpc) is 2.09. The van der Waals surface area contributed by atoms with E-state index in [-0.39, 0.29) is 12.0 Å². The van der Waals surface area contributed by atoms with E-state index in [1.807, 2.05) is 0 Å². The minimum Gasteiger partial charge on any atom is -0.481 e. The van der Waals surface area contributed by atoms with Crippen LogP contribution in [0.4, 0.5) is 0 Å². The Morgan fingerprint density at radius 1 is 1.71 bits per heavy atom. The SMILES string of the molecule is CCn1nc(CC(=O)O)c(Br)cc1=O. The summed E-state index contributed by atoms with van der Waals surface area (Å²) in [6, 6.07) is 1.33. The molecule has 1 N–H and O–H groups in total. The maximum Gasteiger partial charge on any atom is 0.309 e. The normalized spacial score (nSPS) is 10.1. The van der Waals surface area contributed by atoms with Crippen molar-refractivity contribution in [1.29, 1.82) is 0 Å². The van der Waals surface area contributed by atoms with Crippen molar-refractivity contribution in [3.05, 3.63) is 26.6 Å². The Morgan fingerprint density at radius 2 is 2.36 bits per heavy atom. The van der Waals surface area contributed by atoms with E-state index in [0.717, 1.165) is 0 Å². The Bertz CT molecular complexity index is 414. The maximum atomic E-state index is 11.2. The zero-order valence-electron chi connectivity index (χ0n) is 7.53. The summed E-state index contributed by atoms with van der Waals surface area (Å²) in [5, 5.41) is 12.5. The fourth-order valence-corrected chi connectivity index (χ4v) is 1.41. The number of carboxylic acid groups (broad SMARTS) is 1. The molecule has 1 aromatic heterocycles. The molecule has 5 nitrogen and oxygen atoms in total. The molecule has 6 heteroatoms. The van der Waals surface area contributed by atoms with Gasteiger partial charge in [0, 0.05) is 17.1 Å². The van der Waals surface area contributed by atoms with Gasteiger partial charge in [-0.1, -0.05) is 0 Å². The van der Waals surface area contributed by atoms with Crippen LogP contribution < -0.4 is 5.56 Å². The number of aromatic nitrogens is 2. The van der Waals surface area contributed by atoms with Gasteiger partial charge >= 0.3 is 5.97 Å². The Morgan fingerprint density at radius 3 is 2.86 bits per heavy atom. The minimum atomic E-state index is -0.973. The van der Waals surface area contributed by atoms with E-state index >= 15 is 0 Å². The van der Waals surface area contributed by atoms with Crippen molar-refractivity contribution < 1.29 is 9.90 Å². The molecule has 14 heavy (non-hydrogen) atoms. The smallest absolute Gasteiger partial charge is 0.309 e. The van der Waals surface area contributed by atoms with E-state index in [1.54, 1.807) is 6.92 Å². The lowest BCUT2D eigenvalue weighted by atomic mass is 10.3. The molecule has 0 spiro atoms. The van der Waals surface area contributed by atoms with Gasteiger partial charge in [0.05, 0.1) is 12.1 Å². The Balaban J connectivity index is 3.17. The van der Waals surface area contributed by atoms with E-state index < -0.39 is 5.97 Å². The lowest BCUT2D eigenvalue weighted by Gasteiger charge is -2.04. The molecule has 0 saturated heterocycles. The van der Waals surface area contributed by atoms with Crippen molar-refractivity contribution in [2.75, 3.05) is 0 Å². The number of carboxylic acids is 1. The van der Waals surface area contributed by atoms with Crippen molar-refractivity contribution in [2.45, 2.75) is 19.9 Å². The third kappa shape index (κ3) is 2.41. The number of nitrogens with zero attached hydrogens (tertiary/aromatic N) is 2. The predicted molar refractivity (Wildman–Crippen MR) is 53.2 cm³/mol. The average molecular weight is 261 g/mol. The first kappa shape index (κ1) is 10.9. The highest BCUT2D eigenvalue weighted by atomic mass is 79.9. The van der Waals surface area contributed by atoms with E-state index in [0.29, 0.717) is 16.7 Å². The van der Waals surface area contributed by atoms with E-state index in [1.165, 1.54) is 10.7 Å². The van der Waals surface area contributed by atoms with Crippen molar-refractivity contribution in [2.24, 2.45) is 0 Å². The topological polar surface area (TPSA) is 72.2 Å². The van der Waals surface area contributed by atoms with Crippen LogP contribution in [0.1, 0.15) is 12.6 Å². The van der Waals surface area contributed by atoms with Crippen LogP contribution in [-0.4, -0.2) is 20.9 Å². The third-order valence-electron chi connectivity index (χ3n) is 1.64.